The quantitative estimate of drug-likeness (QED) is 0.941. The maximum Gasteiger partial charge on any atom is 0.451 e. The second-order valence-corrected chi connectivity index (χ2v) is 4.56. The van der Waals surface area contributed by atoms with Gasteiger partial charge in [-0.05, 0) is 31.5 Å². The van der Waals surface area contributed by atoms with Crippen LogP contribution in [0.1, 0.15) is 18.3 Å². The molecule has 1 aromatic carbocycles. The Kier molecular flexibility index (Phi) is 4.02. The highest BCUT2D eigenvalue weighted by atomic mass is 19.4. The Morgan fingerprint density at radius 2 is 1.90 bits per heavy atom. The number of hydrogen-bond acceptors (Lipinski definition) is 4. The van der Waals surface area contributed by atoms with E-state index in [1.54, 1.807) is 4.90 Å². The molecule has 0 unspecified atom stereocenters. The van der Waals surface area contributed by atoms with Crippen LogP contribution >= 0.6 is 0 Å². The lowest BCUT2D eigenvalue weighted by Crippen LogP contribution is -2.21. The second kappa shape index (κ2) is 5.59. The number of benzene rings is 1. The Bertz CT molecular complexity index is 640. The molecule has 2 rings (SSSR count). The van der Waals surface area contributed by atoms with Crippen molar-refractivity contribution in [2.45, 2.75) is 20.0 Å². The van der Waals surface area contributed by atoms with Gasteiger partial charge in [0.25, 0.3) is 0 Å². The van der Waals surface area contributed by atoms with Crippen molar-refractivity contribution in [3.8, 4) is 0 Å². The SMILES string of the molecule is CCN(c1cccc(C)c1)c1cc(N)nc(C(F)(F)F)n1. The molecular formula is C14H15F3N4. The largest absolute Gasteiger partial charge is 0.451 e. The van der Waals surface area contributed by atoms with Gasteiger partial charge in [-0.1, -0.05) is 12.1 Å². The van der Waals surface area contributed by atoms with Crippen molar-refractivity contribution in [1.29, 1.82) is 0 Å². The van der Waals surface area contributed by atoms with Crippen LogP contribution in [0.3, 0.4) is 0 Å². The van der Waals surface area contributed by atoms with Crippen molar-refractivity contribution in [2.24, 2.45) is 0 Å². The smallest absolute Gasteiger partial charge is 0.384 e. The molecule has 1 aromatic heterocycles. The number of anilines is 3. The Morgan fingerprint density at radius 3 is 2.48 bits per heavy atom. The van der Waals surface area contributed by atoms with E-state index in [0.29, 0.717) is 6.54 Å². The van der Waals surface area contributed by atoms with E-state index in [1.165, 1.54) is 6.07 Å². The molecule has 0 bridgehead atoms. The molecule has 0 fully saturated rings. The van der Waals surface area contributed by atoms with Crippen molar-refractivity contribution < 1.29 is 13.2 Å². The fourth-order valence-corrected chi connectivity index (χ4v) is 1.99. The molecule has 7 heteroatoms. The Balaban J connectivity index is 2.50. The van der Waals surface area contributed by atoms with Gasteiger partial charge in [-0.15, -0.1) is 0 Å². The van der Waals surface area contributed by atoms with Gasteiger partial charge < -0.3 is 10.6 Å². The Morgan fingerprint density at radius 1 is 1.19 bits per heavy atom. The molecule has 0 spiro atoms. The topological polar surface area (TPSA) is 55.0 Å². The number of alkyl halides is 3. The first-order chi connectivity index (χ1) is 9.81. The molecule has 0 radical (unpaired) electrons. The summed E-state index contributed by atoms with van der Waals surface area (Å²) in [6, 6.07) is 8.76. The average molecular weight is 296 g/mol. The van der Waals surface area contributed by atoms with Gasteiger partial charge in [0.1, 0.15) is 11.6 Å². The van der Waals surface area contributed by atoms with E-state index in [0.717, 1.165) is 11.3 Å². The molecule has 112 valence electrons. The lowest BCUT2D eigenvalue weighted by molar-refractivity contribution is -0.144. The van der Waals surface area contributed by atoms with Crippen molar-refractivity contribution in [3.05, 3.63) is 41.7 Å². The summed E-state index contributed by atoms with van der Waals surface area (Å²) in [7, 11) is 0. The molecule has 0 aliphatic heterocycles. The number of nitrogens with zero attached hydrogens (tertiary/aromatic N) is 3. The lowest BCUT2D eigenvalue weighted by atomic mass is 10.2. The first-order valence-electron chi connectivity index (χ1n) is 6.37. The van der Waals surface area contributed by atoms with Crippen LogP contribution in [0.4, 0.5) is 30.5 Å². The van der Waals surface area contributed by atoms with Crippen LogP contribution in [0.15, 0.2) is 30.3 Å². The number of nitrogen functional groups attached to an aromatic ring is 1. The molecule has 4 nitrogen and oxygen atoms in total. The standard InChI is InChI=1S/C14H15F3N4/c1-3-21(10-6-4-5-9(2)7-10)12-8-11(18)19-13(20-12)14(15,16)17/h4-8H,3H2,1-2H3,(H2,18,19,20). The van der Waals surface area contributed by atoms with Crippen molar-refractivity contribution in [3.63, 3.8) is 0 Å². The molecule has 2 aromatic rings. The molecule has 0 aliphatic rings. The fourth-order valence-electron chi connectivity index (χ4n) is 1.99. The van der Waals surface area contributed by atoms with Gasteiger partial charge in [-0.3, -0.25) is 0 Å². The molecule has 0 atom stereocenters. The van der Waals surface area contributed by atoms with Gasteiger partial charge in [0, 0.05) is 18.3 Å². The van der Waals surface area contributed by atoms with E-state index < -0.39 is 12.0 Å². The highest BCUT2D eigenvalue weighted by Crippen LogP contribution is 2.31. The predicted octanol–water partition coefficient (Wildman–Crippen LogP) is 3.54. The molecule has 0 saturated heterocycles. The normalized spacial score (nSPS) is 11.5. The summed E-state index contributed by atoms with van der Waals surface area (Å²) in [5.74, 6) is -1.31. The van der Waals surface area contributed by atoms with E-state index >= 15 is 0 Å². The molecule has 21 heavy (non-hydrogen) atoms. The zero-order valence-corrected chi connectivity index (χ0v) is 11.6. The van der Waals surface area contributed by atoms with Crippen LogP contribution in [0, 0.1) is 6.92 Å². The van der Waals surface area contributed by atoms with Crippen molar-refractivity contribution in [1.82, 2.24) is 9.97 Å². The van der Waals surface area contributed by atoms with Crippen LogP contribution in [-0.2, 0) is 6.18 Å². The summed E-state index contributed by atoms with van der Waals surface area (Å²) in [6.07, 6.45) is -4.63. The maximum absolute atomic E-state index is 12.8. The number of aromatic nitrogens is 2. The summed E-state index contributed by atoms with van der Waals surface area (Å²) in [5.41, 5.74) is 7.24. The molecule has 0 aliphatic carbocycles. The molecule has 0 saturated carbocycles. The van der Waals surface area contributed by atoms with Gasteiger partial charge in [0.15, 0.2) is 0 Å². The highest BCUT2D eigenvalue weighted by molar-refractivity contribution is 5.62. The first kappa shape index (κ1) is 15.1. The molecule has 1 heterocycles. The minimum absolute atomic E-state index is 0.128. The van der Waals surface area contributed by atoms with E-state index in [9.17, 15) is 13.2 Å². The van der Waals surface area contributed by atoms with E-state index in [1.807, 2.05) is 38.1 Å². The minimum atomic E-state index is -4.63. The number of rotatable bonds is 3. The van der Waals surface area contributed by atoms with Crippen LogP contribution < -0.4 is 10.6 Å². The van der Waals surface area contributed by atoms with E-state index in [-0.39, 0.29) is 11.6 Å². The third-order valence-corrected chi connectivity index (χ3v) is 2.89. The van der Waals surface area contributed by atoms with Crippen LogP contribution in [0.2, 0.25) is 0 Å². The molecule has 2 N–H and O–H groups in total. The summed E-state index contributed by atoms with van der Waals surface area (Å²) >= 11 is 0. The first-order valence-corrected chi connectivity index (χ1v) is 6.37. The zero-order chi connectivity index (χ0) is 15.6. The highest BCUT2D eigenvalue weighted by Gasteiger charge is 2.35. The number of nitrogens with two attached hydrogens (primary N) is 1. The number of aryl methyl sites for hydroxylation is 1. The van der Waals surface area contributed by atoms with Gasteiger partial charge in [-0.2, -0.15) is 13.2 Å². The fraction of sp³-hybridized carbons (Fsp3) is 0.286. The van der Waals surface area contributed by atoms with Gasteiger partial charge in [0.05, 0.1) is 0 Å². The maximum atomic E-state index is 12.8. The lowest BCUT2D eigenvalue weighted by Gasteiger charge is -2.23. The van der Waals surface area contributed by atoms with Gasteiger partial charge >= 0.3 is 6.18 Å². The van der Waals surface area contributed by atoms with Crippen LogP contribution in [0.25, 0.3) is 0 Å². The van der Waals surface area contributed by atoms with E-state index in [2.05, 4.69) is 9.97 Å². The van der Waals surface area contributed by atoms with Crippen molar-refractivity contribution in [2.75, 3.05) is 17.2 Å². The third kappa shape index (κ3) is 3.42. The summed E-state index contributed by atoms with van der Waals surface area (Å²) in [4.78, 5) is 8.49. The predicted molar refractivity (Wildman–Crippen MR) is 75.3 cm³/mol. The third-order valence-electron chi connectivity index (χ3n) is 2.89. The second-order valence-electron chi connectivity index (χ2n) is 4.56. The zero-order valence-electron chi connectivity index (χ0n) is 11.6. The number of halogens is 3. The molecule has 0 amide bonds. The Hall–Kier alpha value is -2.31. The monoisotopic (exact) mass is 296 g/mol. The van der Waals surface area contributed by atoms with Crippen LogP contribution in [-0.4, -0.2) is 16.5 Å². The average Bonchev–Trinajstić information content (AvgIpc) is 2.38. The Labute approximate surface area is 120 Å². The van der Waals surface area contributed by atoms with Gasteiger partial charge in [-0.25, -0.2) is 9.97 Å². The number of hydrogen-bond donors (Lipinski definition) is 1. The summed E-state index contributed by atoms with van der Waals surface area (Å²) < 4.78 is 38.3. The summed E-state index contributed by atoms with van der Waals surface area (Å²) in [5, 5.41) is 0. The van der Waals surface area contributed by atoms with Gasteiger partial charge in [0.2, 0.25) is 5.82 Å². The van der Waals surface area contributed by atoms with Crippen LogP contribution in [0.5, 0.6) is 0 Å². The summed E-state index contributed by atoms with van der Waals surface area (Å²) in [6.45, 7) is 4.19. The minimum Gasteiger partial charge on any atom is -0.384 e. The molecular weight excluding hydrogens is 281 g/mol. The van der Waals surface area contributed by atoms with E-state index in [4.69, 9.17) is 5.73 Å². The van der Waals surface area contributed by atoms with Crippen molar-refractivity contribution >= 4 is 17.3 Å².